The Morgan fingerprint density at radius 3 is 2.22 bits per heavy atom. The largest absolute Gasteiger partial charge is 0.432 e. The van der Waals surface area contributed by atoms with Gasteiger partial charge in [-0.3, -0.25) is 14.4 Å². The third kappa shape index (κ3) is 6.82. The number of benzene rings is 4. The number of nitrogens with one attached hydrogen (secondary N) is 1. The predicted molar refractivity (Wildman–Crippen MR) is 196 cm³/mol. The van der Waals surface area contributed by atoms with E-state index in [0.29, 0.717) is 34.7 Å². The summed E-state index contributed by atoms with van der Waals surface area (Å²) in [4.78, 5) is 57.1. The molecule has 0 radical (unpaired) electrons. The van der Waals surface area contributed by atoms with Crippen molar-refractivity contribution in [3.05, 3.63) is 125 Å². The maximum atomic E-state index is 14.9. The summed E-state index contributed by atoms with van der Waals surface area (Å²) >= 11 is 0. The van der Waals surface area contributed by atoms with E-state index in [1.54, 1.807) is 46.2 Å². The van der Waals surface area contributed by atoms with E-state index >= 15 is 0 Å². The standard InChI is InChI=1S/C39H44N4O6Si/c1-26-36(50(2,3)48)34(23-35(45)42(20-21-44)24-27-10-6-4-7-11-27)49-39(26)32-22-31(41-37(46)29-14-16-30(40)17-15-29)18-19-33(32)43(38(39)47)25-28-12-8-5-9-13-28/h4-19,22,26,34,36,44,48H,20-21,23-25,40H2,1-3H3,(H,41,46)/t26-,34+,36-,39+/m1/s1. The van der Waals surface area contributed by atoms with Crippen molar-refractivity contribution < 1.29 is 29.0 Å². The number of fused-ring (bicyclic) bond motifs is 2. The molecule has 50 heavy (non-hydrogen) atoms. The van der Waals surface area contributed by atoms with E-state index in [1.165, 1.54) is 0 Å². The zero-order valence-corrected chi connectivity index (χ0v) is 29.6. The molecule has 1 spiro atoms. The minimum Gasteiger partial charge on any atom is -0.432 e. The molecule has 0 aliphatic carbocycles. The molecule has 0 unspecified atom stereocenters. The smallest absolute Gasteiger partial charge is 0.264 e. The predicted octanol–water partition coefficient (Wildman–Crippen LogP) is 5.28. The zero-order valence-electron chi connectivity index (χ0n) is 28.6. The van der Waals surface area contributed by atoms with Crippen LogP contribution >= 0.6 is 0 Å². The molecule has 1 saturated heterocycles. The lowest BCUT2D eigenvalue weighted by atomic mass is 9.82. The van der Waals surface area contributed by atoms with Crippen LogP contribution in [0.25, 0.3) is 0 Å². The molecule has 11 heteroatoms. The zero-order chi connectivity index (χ0) is 35.6. The molecule has 2 aliphatic heterocycles. The maximum absolute atomic E-state index is 14.9. The van der Waals surface area contributed by atoms with Crippen molar-refractivity contribution in [2.75, 3.05) is 29.1 Å². The molecule has 2 aliphatic rings. The minimum atomic E-state index is -3.07. The molecule has 0 aromatic heterocycles. The first-order valence-electron chi connectivity index (χ1n) is 16.9. The number of aliphatic hydroxyl groups is 1. The molecule has 2 heterocycles. The Bertz CT molecular complexity index is 1850. The molecule has 6 rings (SSSR count). The van der Waals surface area contributed by atoms with Crippen LogP contribution in [0.3, 0.4) is 0 Å². The van der Waals surface area contributed by atoms with Gasteiger partial charge in [0.2, 0.25) is 5.91 Å². The number of anilines is 3. The quantitative estimate of drug-likeness (QED) is 0.124. The first kappa shape index (κ1) is 35.0. The van der Waals surface area contributed by atoms with E-state index < -0.39 is 31.5 Å². The Kier molecular flexibility index (Phi) is 9.95. The Balaban J connectivity index is 1.38. The summed E-state index contributed by atoms with van der Waals surface area (Å²) in [7, 11) is -3.07. The third-order valence-corrected chi connectivity index (χ3v) is 12.4. The van der Waals surface area contributed by atoms with Crippen molar-refractivity contribution in [2.45, 2.75) is 56.8 Å². The van der Waals surface area contributed by atoms with Gasteiger partial charge in [-0.05, 0) is 66.7 Å². The summed E-state index contributed by atoms with van der Waals surface area (Å²) in [6.07, 6.45) is -0.849. The average molecular weight is 693 g/mol. The number of nitrogen functional groups attached to an aromatic ring is 1. The van der Waals surface area contributed by atoms with E-state index in [-0.39, 0.29) is 43.8 Å². The van der Waals surface area contributed by atoms with Gasteiger partial charge in [-0.2, -0.15) is 0 Å². The van der Waals surface area contributed by atoms with Crippen LogP contribution < -0.4 is 16.0 Å². The molecule has 1 fully saturated rings. The van der Waals surface area contributed by atoms with Crippen LogP contribution in [0.2, 0.25) is 18.6 Å². The number of hydrogen-bond acceptors (Lipinski definition) is 7. The van der Waals surface area contributed by atoms with Crippen molar-refractivity contribution >= 4 is 43.1 Å². The molecule has 0 saturated carbocycles. The summed E-state index contributed by atoms with van der Waals surface area (Å²) in [5.41, 5.74) is 8.33. The number of rotatable bonds is 11. The van der Waals surface area contributed by atoms with Crippen LogP contribution in [0, 0.1) is 5.92 Å². The molecule has 3 amide bonds. The Hall–Kier alpha value is -4.81. The van der Waals surface area contributed by atoms with Gasteiger partial charge in [0.15, 0.2) is 13.9 Å². The minimum absolute atomic E-state index is 0.0740. The Morgan fingerprint density at radius 2 is 1.60 bits per heavy atom. The van der Waals surface area contributed by atoms with Crippen molar-refractivity contribution in [1.29, 1.82) is 0 Å². The van der Waals surface area contributed by atoms with Crippen LogP contribution in [-0.2, 0) is 33.0 Å². The second kappa shape index (κ2) is 14.2. The number of hydrogen-bond donors (Lipinski definition) is 4. The van der Waals surface area contributed by atoms with Crippen LogP contribution in [0.5, 0.6) is 0 Å². The molecule has 4 atom stereocenters. The summed E-state index contributed by atoms with van der Waals surface area (Å²) in [6.45, 7) is 6.07. The Labute approximate surface area is 293 Å². The number of nitrogens with zero attached hydrogens (tertiary/aromatic N) is 2. The molecule has 260 valence electrons. The van der Waals surface area contributed by atoms with Gasteiger partial charge in [0, 0.05) is 47.1 Å². The van der Waals surface area contributed by atoms with Crippen molar-refractivity contribution in [1.82, 2.24) is 4.90 Å². The van der Waals surface area contributed by atoms with Gasteiger partial charge < -0.3 is 35.5 Å². The first-order valence-corrected chi connectivity index (χ1v) is 19.9. The molecular formula is C39H44N4O6Si. The molecule has 4 aromatic rings. The number of amides is 3. The number of aliphatic hydroxyl groups excluding tert-OH is 1. The maximum Gasteiger partial charge on any atom is 0.264 e. The number of carbonyl (C=O) groups excluding carboxylic acids is 3. The van der Waals surface area contributed by atoms with Gasteiger partial charge in [-0.25, -0.2) is 0 Å². The van der Waals surface area contributed by atoms with Gasteiger partial charge in [0.05, 0.1) is 31.4 Å². The first-order chi connectivity index (χ1) is 23.9. The highest BCUT2D eigenvalue weighted by Gasteiger charge is 2.66. The fourth-order valence-corrected chi connectivity index (χ4v) is 10.2. The van der Waals surface area contributed by atoms with Gasteiger partial charge >= 0.3 is 0 Å². The van der Waals surface area contributed by atoms with Gasteiger partial charge in [0.25, 0.3) is 11.8 Å². The lowest BCUT2D eigenvalue weighted by Gasteiger charge is -2.32. The van der Waals surface area contributed by atoms with E-state index in [2.05, 4.69) is 5.32 Å². The summed E-state index contributed by atoms with van der Waals surface area (Å²) in [5.74, 6) is -1.36. The van der Waals surface area contributed by atoms with Crippen LogP contribution in [0.1, 0.15) is 40.4 Å². The second-order valence-electron chi connectivity index (χ2n) is 13.8. The highest BCUT2D eigenvalue weighted by Crippen LogP contribution is 2.60. The van der Waals surface area contributed by atoms with E-state index in [9.17, 15) is 24.3 Å². The topological polar surface area (TPSA) is 145 Å². The van der Waals surface area contributed by atoms with Crippen LogP contribution in [-0.4, -0.2) is 60.1 Å². The second-order valence-corrected chi connectivity index (χ2v) is 17.7. The van der Waals surface area contributed by atoms with E-state index in [4.69, 9.17) is 10.5 Å². The van der Waals surface area contributed by atoms with Crippen LogP contribution in [0.4, 0.5) is 17.1 Å². The molecule has 5 N–H and O–H groups in total. The fraction of sp³-hybridized carbons (Fsp3) is 0.308. The number of carbonyl (C=O) groups is 3. The third-order valence-electron chi connectivity index (χ3n) is 9.91. The van der Waals surface area contributed by atoms with Crippen molar-refractivity contribution in [3.8, 4) is 0 Å². The summed E-state index contributed by atoms with van der Waals surface area (Å²) in [6, 6.07) is 31.2. The fourth-order valence-electron chi connectivity index (χ4n) is 7.63. The van der Waals surface area contributed by atoms with E-state index in [1.807, 2.05) is 86.7 Å². The number of ether oxygens (including phenoxy) is 1. The highest BCUT2D eigenvalue weighted by atomic mass is 28.4. The van der Waals surface area contributed by atoms with Crippen LogP contribution in [0.15, 0.2) is 103 Å². The molecule has 0 bridgehead atoms. The normalized spacial score (nSPS) is 21.3. The molecular weight excluding hydrogens is 649 g/mol. The molecule has 10 nitrogen and oxygen atoms in total. The average Bonchev–Trinajstić information content (AvgIpc) is 3.51. The SMILES string of the molecule is C[C@@H]1[C@@H]([Si](C)(C)O)[C@H](CC(=O)N(CCO)Cc2ccccc2)O[C@@]12C(=O)N(Cc1ccccc1)c1ccc(NC(=O)c3ccc(N)cc3)cc12. The van der Waals surface area contributed by atoms with Gasteiger partial charge in [-0.15, -0.1) is 0 Å². The lowest BCUT2D eigenvalue weighted by molar-refractivity contribution is -0.150. The lowest BCUT2D eigenvalue weighted by Crippen LogP contribution is -2.46. The summed E-state index contributed by atoms with van der Waals surface area (Å²) in [5, 5.41) is 12.8. The monoisotopic (exact) mass is 692 g/mol. The Morgan fingerprint density at radius 1 is 0.960 bits per heavy atom. The molecule has 4 aromatic carbocycles. The number of nitrogens with two attached hydrogens (primary N) is 1. The van der Waals surface area contributed by atoms with Crippen molar-refractivity contribution in [3.63, 3.8) is 0 Å². The van der Waals surface area contributed by atoms with Gasteiger partial charge in [0.1, 0.15) is 0 Å². The van der Waals surface area contributed by atoms with Crippen molar-refractivity contribution in [2.24, 2.45) is 5.92 Å². The van der Waals surface area contributed by atoms with Gasteiger partial charge in [-0.1, -0.05) is 67.6 Å². The van der Waals surface area contributed by atoms with E-state index in [0.717, 1.165) is 11.1 Å². The summed E-state index contributed by atoms with van der Waals surface area (Å²) < 4.78 is 6.92. The highest BCUT2D eigenvalue weighted by molar-refractivity contribution is 6.71.